The number of hydrogen-bond donors (Lipinski definition) is 2. The smallest absolute Gasteiger partial charge is 0.338 e. The maximum atomic E-state index is 14.0. The summed E-state index contributed by atoms with van der Waals surface area (Å²) in [6, 6.07) is 9.34. The molecule has 4 aromatic rings. The van der Waals surface area contributed by atoms with Gasteiger partial charge < -0.3 is 20.1 Å². The number of anilines is 1. The second kappa shape index (κ2) is 13.1. The predicted octanol–water partition coefficient (Wildman–Crippen LogP) is 4.90. The summed E-state index contributed by atoms with van der Waals surface area (Å²) in [6.07, 6.45) is 1.66. The van der Waals surface area contributed by atoms with Gasteiger partial charge in [-0.3, -0.25) is 14.8 Å². The molecule has 0 aliphatic carbocycles. The molecule has 0 saturated carbocycles. The average Bonchev–Trinajstić information content (AvgIpc) is 3.85. The number of amides is 2. The van der Waals surface area contributed by atoms with E-state index >= 15 is 0 Å². The lowest BCUT2D eigenvalue weighted by Gasteiger charge is -2.38. The van der Waals surface area contributed by atoms with Gasteiger partial charge in [0.2, 0.25) is 0 Å². The number of aromatic nitrogens is 2. The number of benzene rings is 2. The van der Waals surface area contributed by atoms with E-state index in [2.05, 4.69) is 20.2 Å². The molecule has 2 saturated heterocycles. The number of aliphatic imine (C=N–C) groups is 1. The number of nitrogens with zero attached hydrogens (tertiary/aromatic N) is 6. The van der Waals surface area contributed by atoms with Crippen LogP contribution < -0.4 is 10.2 Å². The standard InChI is InChI=1S/C32H27ClFN7O5S2/c1-46-30(44)25-23(36-27(28-35-7-10-47-28)38-26(25)21-6-5-19(34)12-22(21)33)15-39-8-9-40-20(13-39)14-41(32(40)45)31-37-24(16-48-31)17-3-2-4-18(11-17)29(42)43/h2-7,10-12,16,20,26H,8-9,13-15H2,1H3,(H,36,38)(H,42,43)/t20-,26?/m0/s1. The summed E-state index contributed by atoms with van der Waals surface area (Å²) in [4.78, 5) is 57.8. The Kier molecular flexibility index (Phi) is 8.68. The van der Waals surface area contributed by atoms with Crippen molar-refractivity contribution in [2.24, 2.45) is 4.99 Å². The minimum Gasteiger partial charge on any atom is -0.478 e. The third kappa shape index (κ3) is 6.05. The second-order valence-electron chi connectivity index (χ2n) is 11.3. The number of piperazine rings is 1. The topological polar surface area (TPSA) is 141 Å². The summed E-state index contributed by atoms with van der Waals surface area (Å²) in [7, 11) is 1.29. The number of carboxylic acid groups (broad SMARTS) is 1. The maximum absolute atomic E-state index is 14.0. The lowest BCUT2D eigenvalue weighted by atomic mass is 9.95. The molecule has 7 rings (SSSR count). The molecule has 2 aromatic heterocycles. The highest BCUT2D eigenvalue weighted by Crippen LogP contribution is 2.38. The zero-order chi connectivity index (χ0) is 33.5. The van der Waals surface area contributed by atoms with E-state index in [0.29, 0.717) is 71.2 Å². The van der Waals surface area contributed by atoms with E-state index in [1.807, 2.05) is 15.7 Å². The number of halogens is 2. The quantitative estimate of drug-likeness (QED) is 0.245. The number of thiazole rings is 2. The van der Waals surface area contributed by atoms with Crippen molar-refractivity contribution >= 4 is 63.2 Å². The van der Waals surface area contributed by atoms with E-state index in [-0.39, 0.29) is 28.2 Å². The van der Waals surface area contributed by atoms with Crippen LogP contribution in [0.5, 0.6) is 0 Å². The monoisotopic (exact) mass is 707 g/mol. The molecule has 1 unspecified atom stereocenters. The lowest BCUT2D eigenvalue weighted by Crippen LogP contribution is -2.53. The first-order valence-corrected chi connectivity index (χ1v) is 16.9. The Labute approximate surface area is 286 Å². The molecule has 3 aliphatic rings. The van der Waals surface area contributed by atoms with Gasteiger partial charge in [-0.05, 0) is 24.3 Å². The molecule has 0 spiro atoms. The second-order valence-corrected chi connectivity index (χ2v) is 13.4. The fourth-order valence-corrected chi connectivity index (χ4v) is 7.79. The van der Waals surface area contributed by atoms with E-state index in [1.54, 1.807) is 29.3 Å². The molecule has 246 valence electrons. The lowest BCUT2D eigenvalue weighted by molar-refractivity contribution is -0.136. The Balaban J connectivity index is 1.14. The van der Waals surface area contributed by atoms with Crippen LogP contribution in [0.3, 0.4) is 0 Å². The molecule has 2 atom stereocenters. The van der Waals surface area contributed by atoms with Crippen molar-refractivity contribution in [3.63, 3.8) is 0 Å². The van der Waals surface area contributed by atoms with Crippen LogP contribution in [0, 0.1) is 5.82 Å². The Morgan fingerprint density at radius 1 is 1.17 bits per heavy atom. The SMILES string of the molecule is COC(=O)C1=C(CN2CCN3C(=O)N(c4nc(-c5cccc(C(=O)O)c5)cs4)C[C@@H]3C2)NC(c2nccs2)=NC1c1ccc(F)cc1Cl. The maximum Gasteiger partial charge on any atom is 0.338 e. The van der Waals surface area contributed by atoms with Gasteiger partial charge in [0.15, 0.2) is 16.0 Å². The molecular formula is C32H27ClFN7O5S2. The third-order valence-corrected chi connectivity index (χ3v) is 10.3. The number of methoxy groups -OCH3 is 1. The van der Waals surface area contributed by atoms with Gasteiger partial charge >= 0.3 is 18.0 Å². The predicted molar refractivity (Wildman–Crippen MR) is 179 cm³/mol. The zero-order valence-corrected chi connectivity index (χ0v) is 27.7. The molecule has 48 heavy (non-hydrogen) atoms. The van der Waals surface area contributed by atoms with Crippen LogP contribution in [0.4, 0.5) is 14.3 Å². The van der Waals surface area contributed by atoms with Crippen molar-refractivity contribution < 1.29 is 28.6 Å². The van der Waals surface area contributed by atoms with Crippen molar-refractivity contribution in [2.75, 3.05) is 44.7 Å². The van der Waals surface area contributed by atoms with Crippen LogP contribution in [0.1, 0.15) is 27.0 Å². The van der Waals surface area contributed by atoms with Crippen LogP contribution in [0.15, 0.2) is 75.7 Å². The number of ether oxygens (including phenoxy) is 1. The number of amidine groups is 1. The van der Waals surface area contributed by atoms with E-state index in [4.69, 9.17) is 21.3 Å². The van der Waals surface area contributed by atoms with Crippen LogP contribution in [-0.4, -0.2) is 94.6 Å². The van der Waals surface area contributed by atoms with E-state index in [0.717, 1.165) is 0 Å². The van der Waals surface area contributed by atoms with Crippen LogP contribution in [0.25, 0.3) is 11.3 Å². The summed E-state index contributed by atoms with van der Waals surface area (Å²) >= 11 is 9.19. The Morgan fingerprint density at radius 3 is 2.77 bits per heavy atom. The molecule has 16 heteroatoms. The van der Waals surface area contributed by atoms with E-state index in [1.165, 1.54) is 54.0 Å². The van der Waals surface area contributed by atoms with Gasteiger partial charge in [0.05, 0.1) is 36.5 Å². The molecule has 2 fully saturated rings. The Hall–Kier alpha value is -4.70. The van der Waals surface area contributed by atoms with E-state index in [9.17, 15) is 23.9 Å². The number of nitrogens with one attached hydrogen (secondary N) is 1. The zero-order valence-electron chi connectivity index (χ0n) is 25.3. The van der Waals surface area contributed by atoms with Crippen molar-refractivity contribution in [1.29, 1.82) is 0 Å². The van der Waals surface area contributed by atoms with Gasteiger partial charge in [-0.2, -0.15) is 0 Å². The summed E-state index contributed by atoms with van der Waals surface area (Å²) in [5.41, 5.74) is 2.66. The Morgan fingerprint density at radius 2 is 2.02 bits per heavy atom. The van der Waals surface area contributed by atoms with Crippen molar-refractivity contribution in [3.05, 3.63) is 97.7 Å². The number of carbonyl (C=O) groups is 3. The van der Waals surface area contributed by atoms with Crippen molar-refractivity contribution in [2.45, 2.75) is 12.1 Å². The number of urea groups is 1. The molecule has 12 nitrogen and oxygen atoms in total. The van der Waals surface area contributed by atoms with Crippen molar-refractivity contribution in [1.82, 2.24) is 25.1 Å². The number of carboxylic acids is 1. The first-order chi connectivity index (χ1) is 23.2. The number of esters is 1. The number of carbonyl (C=O) groups excluding carboxylic acids is 2. The number of rotatable bonds is 8. The van der Waals surface area contributed by atoms with Gasteiger partial charge in [-0.15, -0.1) is 22.7 Å². The number of fused-ring (bicyclic) bond motifs is 1. The summed E-state index contributed by atoms with van der Waals surface area (Å²) in [5.74, 6) is -1.68. The van der Waals surface area contributed by atoms with Crippen molar-refractivity contribution in [3.8, 4) is 11.3 Å². The van der Waals surface area contributed by atoms with Gasteiger partial charge in [0, 0.05) is 65.0 Å². The molecule has 3 aliphatic heterocycles. The normalized spacial score (nSPS) is 19.6. The van der Waals surface area contributed by atoms with E-state index < -0.39 is 23.8 Å². The van der Waals surface area contributed by atoms with Gasteiger partial charge in [-0.1, -0.05) is 29.8 Å². The summed E-state index contributed by atoms with van der Waals surface area (Å²) in [6.45, 7) is 2.23. The van der Waals surface area contributed by atoms with Crippen LogP contribution >= 0.6 is 34.3 Å². The fourth-order valence-electron chi connectivity index (χ4n) is 6.10. The van der Waals surface area contributed by atoms with Gasteiger partial charge in [-0.25, -0.2) is 28.7 Å². The third-order valence-electron chi connectivity index (χ3n) is 8.37. The number of aromatic carboxylic acids is 1. The highest BCUT2D eigenvalue weighted by Gasteiger charge is 2.43. The molecule has 0 bridgehead atoms. The molecule has 2 aromatic carbocycles. The van der Waals surface area contributed by atoms with Gasteiger partial charge in [0.25, 0.3) is 0 Å². The first-order valence-electron chi connectivity index (χ1n) is 14.8. The van der Waals surface area contributed by atoms with Gasteiger partial charge in [0.1, 0.15) is 11.9 Å². The summed E-state index contributed by atoms with van der Waals surface area (Å²) in [5, 5.41) is 17.6. The minimum atomic E-state index is -1.03. The first kappa shape index (κ1) is 31.9. The highest BCUT2D eigenvalue weighted by molar-refractivity contribution is 7.14. The molecule has 2 amide bonds. The summed E-state index contributed by atoms with van der Waals surface area (Å²) < 4.78 is 19.2. The Bertz CT molecular complexity index is 1980. The molecular weight excluding hydrogens is 681 g/mol. The average molecular weight is 708 g/mol. The highest BCUT2D eigenvalue weighted by atomic mass is 35.5. The van der Waals surface area contributed by atoms with Crippen LogP contribution in [0.2, 0.25) is 5.02 Å². The molecule has 5 heterocycles. The fraction of sp³-hybridized carbons (Fsp3) is 0.250. The number of hydrogen-bond acceptors (Lipinski definition) is 11. The molecule has 2 N–H and O–H groups in total. The minimum absolute atomic E-state index is 0.128. The molecule has 0 radical (unpaired) electrons. The van der Waals surface area contributed by atoms with Crippen LogP contribution in [-0.2, 0) is 9.53 Å². The largest absolute Gasteiger partial charge is 0.478 e.